The molecule has 0 saturated carbocycles. The summed E-state index contributed by atoms with van der Waals surface area (Å²) in [5.74, 6) is 0.275. The lowest BCUT2D eigenvalue weighted by atomic mass is 9.76. The van der Waals surface area contributed by atoms with Crippen molar-refractivity contribution >= 4 is 5.71 Å². The molecule has 1 aromatic carbocycles. The molecule has 3 heteroatoms. The Morgan fingerprint density at radius 2 is 2.22 bits per heavy atom. The molecule has 124 valence electrons. The molecule has 23 heavy (non-hydrogen) atoms. The quantitative estimate of drug-likeness (QED) is 0.781. The molecule has 1 heterocycles. The van der Waals surface area contributed by atoms with Crippen LogP contribution >= 0.6 is 0 Å². The van der Waals surface area contributed by atoms with Crippen LogP contribution in [0.25, 0.3) is 0 Å². The van der Waals surface area contributed by atoms with Gasteiger partial charge in [0.15, 0.2) is 0 Å². The Hall–Kier alpha value is -1.71. The molecule has 1 aliphatic heterocycles. The predicted molar refractivity (Wildman–Crippen MR) is 96.3 cm³/mol. The lowest BCUT2D eigenvalue weighted by Gasteiger charge is -2.35. The Morgan fingerprint density at radius 1 is 1.48 bits per heavy atom. The van der Waals surface area contributed by atoms with Crippen LogP contribution in [-0.2, 0) is 4.74 Å². The molecule has 0 saturated heterocycles. The van der Waals surface area contributed by atoms with Gasteiger partial charge in [-0.2, -0.15) is 0 Å². The van der Waals surface area contributed by atoms with Crippen LogP contribution in [0.5, 0.6) is 0 Å². The Labute approximate surface area is 139 Å². The zero-order valence-corrected chi connectivity index (χ0v) is 14.4. The van der Waals surface area contributed by atoms with E-state index in [9.17, 15) is 5.11 Å². The van der Waals surface area contributed by atoms with E-state index in [1.54, 1.807) is 7.11 Å². The normalized spacial score (nSPS) is 21.3. The van der Waals surface area contributed by atoms with E-state index < -0.39 is 0 Å². The molecule has 3 nitrogen and oxygen atoms in total. The summed E-state index contributed by atoms with van der Waals surface area (Å²) >= 11 is 0. The monoisotopic (exact) mass is 313 g/mol. The molecule has 3 unspecified atom stereocenters. The topological polar surface area (TPSA) is 41.8 Å². The molecule has 0 fully saturated rings. The van der Waals surface area contributed by atoms with Gasteiger partial charge >= 0.3 is 0 Å². The highest BCUT2D eigenvalue weighted by Crippen LogP contribution is 2.38. The minimum Gasteiger partial charge on any atom is -0.396 e. The van der Waals surface area contributed by atoms with Crippen LogP contribution in [0.15, 0.2) is 48.0 Å². The number of rotatable bonds is 7. The van der Waals surface area contributed by atoms with E-state index in [-0.39, 0.29) is 24.5 Å². The number of benzene rings is 1. The average Bonchev–Trinajstić information content (AvgIpc) is 2.52. The van der Waals surface area contributed by atoms with Gasteiger partial charge in [-0.15, -0.1) is 6.58 Å². The van der Waals surface area contributed by atoms with Crippen molar-refractivity contribution in [3.63, 3.8) is 0 Å². The number of ether oxygens (including phenoxy) is 1. The predicted octanol–water partition coefficient (Wildman–Crippen LogP) is 3.66. The van der Waals surface area contributed by atoms with E-state index in [2.05, 4.69) is 38.3 Å². The fourth-order valence-electron chi connectivity index (χ4n) is 3.39. The third kappa shape index (κ3) is 3.62. The number of methoxy groups -OCH3 is 1. The number of aliphatic imine (C=N–C) groups is 1. The summed E-state index contributed by atoms with van der Waals surface area (Å²) < 4.78 is 5.35. The van der Waals surface area contributed by atoms with Gasteiger partial charge in [-0.1, -0.05) is 30.4 Å². The average molecular weight is 313 g/mol. The molecular weight excluding hydrogens is 286 g/mol. The van der Waals surface area contributed by atoms with Crippen LogP contribution in [0.2, 0.25) is 0 Å². The summed E-state index contributed by atoms with van der Waals surface area (Å²) in [7, 11) is 1.70. The lowest BCUT2D eigenvalue weighted by molar-refractivity contribution is 0.149. The van der Waals surface area contributed by atoms with Crippen LogP contribution in [0.1, 0.15) is 36.0 Å². The largest absolute Gasteiger partial charge is 0.396 e. The molecule has 2 rings (SSSR count). The third-order valence-electron chi connectivity index (χ3n) is 4.50. The van der Waals surface area contributed by atoms with Crippen LogP contribution < -0.4 is 0 Å². The lowest BCUT2D eigenvalue weighted by Crippen LogP contribution is -2.34. The van der Waals surface area contributed by atoms with Crippen LogP contribution in [0, 0.1) is 12.8 Å². The number of fused-ring (bicyclic) bond motifs is 1. The smallest absolute Gasteiger partial charge is 0.0676 e. The van der Waals surface area contributed by atoms with Gasteiger partial charge in [0.1, 0.15) is 0 Å². The van der Waals surface area contributed by atoms with Crippen LogP contribution in [0.4, 0.5) is 0 Å². The first kappa shape index (κ1) is 17.6. The molecule has 0 amide bonds. The fraction of sp³-hybridized carbons (Fsp3) is 0.450. The Morgan fingerprint density at radius 3 is 2.78 bits per heavy atom. The zero-order valence-electron chi connectivity index (χ0n) is 14.4. The number of aliphatic hydroxyl groups is 1. The summed E-state index contributed by atoms with van der Waals surface area (Å²) in [6, 6.07) is 6.48. The van der Waals surface area contributed by atoms with Gasteiger partial charge in [0.25, 0.3) is 0 Å². The van der Waals surface area contributed by atoms with E-state index in [1.807, 2.05) is 13.0 Å². The number of hydrogen-bond donors (Lipinski definition) is 1. The molecule has 1 aromatic rings. The SMILES string of the molecule is C=CC(COC)C1N=C(C(=C)C)c2cc(C)ccc2C1CCO. The van der Waals surface area contributed by atoms with Crippen molar-refractivity contribution in [2.24, 2.45) is 10.9 Å². The Balaban J connectivity index is 2.58. The maximum Gasteiger partial charge on any atom is 0.0676 e. The second-order valence-corrected chi connectivity index (χ2v) is 6.31. The van der Waals surface area contributed by atoms with Gasteiger partial charge < -0.3 is 9.84 Å². The zero-order chi connectivity index (χ0) is 17.0. The molecule has 0 aromatic heterocycles. The van der Waals surface area contributed by atoms with Gasteiger partial charge in [-0.05, 0) is 37.5 Å². The summed E-state index contributed by atoms with van der Waals surface area (Å²) in [6.45, 7) is 12.9. The van der Waals surface area contributed by atoms with E-state index in [0.29, 0.717) is 13.0 Å². The van der Waals surface area contributed by atoms with Crippen molar-refractivity contribution < 1.29 is 9.84 Å². The second-order valence-electron chi connectivity index (χ2n) is 6.31. The summed E-state index contributed by atoms with van der Waals surface area (Å²) in [5.41, 5.74) is 5.52. The summed E-state index contributed by atoms with van der Waals surface area (Å²) in [6.07, 6.45) is 2.60. The first-order chi connectivity index (χ1) is 11.0. The molecular formula is C20H27NO2. The van der Waals surface area contributed by atoms with Crippen molar-refractivity contribution in [1.82, 2.24) is 0 Å². The Kier molecular flexibility index (Phi) is 5.91. The molecule has 0 bridgehead atoms. The van der Waals surface area contributed by atoms with E-state index in [1.165, 1.54) is 11.1 Å². The maximum absolute atomic E-state index is 9.55. The van der Waals surface area contributed by atoms with Gasteiger partial charge in [0.05, 0.1) is 18.4 Å². The number of aliphatic hydroxyl groups excluding tert-OH is 1. The summed E-state index contributed by atoms with van der Waals surface area (Å²) in [5, 5.41) is 9.55. The number of allylic oxidation sites excluding steroid dienone is 1. The van der Waals surface area contributed by atoms with E-state index in [0.717, 1.165) is 16.8 Å². The van der Waals surface area contributed by atoms with Gasteiger partial charge in [0.2, 0.25) is 0 Å². The minimum absolute atomic E-state index is 0.0153. The van der Waals surface area contributed by atoms with Crippen LogP contribution in [0.3, 0.4) is 0 Å². The van der Waals surface area contributed by atoms with Gasteiger partial charge in [0, 0.05) is 31.1 Å². The molecule has 1 N–H and O–H groups in total. The first-order valence-corrected chi connectivity index (χ1v) is 8.10. The molecule has 0 aliphatic carbocycles. The van der Waals surface area contributed by atoms with Crippen molar-refractivity contribution in [2.75, 3.05) is 20.3 Å². The van der Waals surface area contributed by atoms with Gasteiger partial charge in [-0.3, -0.25) is 4.99 Å². The Bertz CT molecular complexity index is 618. The van der Waals surface area contributed by atoms with Gasteiger partial charge in [-0.25, -0.2) is 0 Å². The standard InChI is InChI=1S/C20H27NO2/c1-6-15(12-23-5)20-17(9-10-22)16-8-7-14(4)11-18(16)19(21-20)13(2)3/h6-8,11,15,17,20,22H,1-2,9-10,12H2,3-5H3. The molecule has 3 atom stereocenters. The number of aryl methyl sites for hydroxylation is 1. The molecule has 0 spiro atoms. The minimum atomic E-state index is 0.0153. The highest BCUT2D eigenvalue weighted by atomic mass is 16.5. The number of hydrogen-bond acceptors (Lipinski definition) is 3. The van der Waals surface area contributed by atoms with E-state index >= 15 is 0 Å². The highest BCUT2D eigenvalue weighted by Gasteiger charge is 2.34. The fourth-order valence-corrected chi connectivity index (χ4v) is 3.39. The van der Waals surface area contributed by atoms with Crippen molar-refractivity contribution in [3.05, 3.63) is 59.7 Å². The van der Waals surface area contributed by atoms with E-state index in [4.69, 9.17) is 9.73 Å². The van der Waals surface area contributed by atoms with Crippen molar-refractivity contribution in [1.29, 1.82) is 0 Å². The van der Waals surface area contributed by atoms with Crippen molar-refractivity contribution in [3.8, 4) is 0 Å². The number of nitrogens with zero attached hydrogens (tertiary/aromatic N) is 1. The first-order valence-electron chi connectivity index (χ1n) is 8.10. The maximum atomic E-state index is 9.55. The molecule has 1 aliphatic rings. The van der Waals surface area contributed by atoms with Crippen LogP contribution in [-0.4, -0.2) is 37.2 Å². The third-order valence-corrected chi connectivity index (χ3v) is 4.50. The van der Waals surface area contributed by atoms with Crippen molar-refractivity contribution in [2.45, 2.75) is 32.2 Å². The second kappa shape index (κ2) is 7.71. The summed E-state index contributed by atoms with van der Waals surface area (Å²) in [4.78, 5) is 5.01. The molecule has 0 radical (unpaired) electrons. The highest BCUT2D eigenvalue weighted by molar-refractivity contribution is 6.13.